The molecule has 1 amide bonds. The van der Waals surface area contributed by atoms with Crippen LogP contribution in [-0.2, 0) is 13.1 Å². The van der Waals surface area contributed by atoms with E-state index in [0.29, 0.717) is 35.8 Å². The third kappa shape index (κ3) is 4.84. The summed E-state index contributed by atoms with van der Waals surface area (Å²) in [7, 11) is 1.60. The Labute approximate surface area is 237 Å². The van der Waals surface area contributed by atoms with Crippen molar-refractivity contribution in [3.63, 3.8) is 0 Å². The molecular weight excluding hydrogens is 519 g/mol. The minimum absolute atomic E-state index is 0.0376. The molecule has 2 aliphatic rings. The number of benzene rings is 2. The first-order chi connectivity index (χ1) is 20.0. The minimum atomic E-state index is -1.13. The van der Waals surface area contributed by atoms with Gasteiger partial charge in [-0.1, -0.05) is 18.2 Å². The molecule has 5 aromatic rings. The van der Waals surface area contributed by atoms with E-state index in [2.05, 4.69) is 44.5 Å². The van der Waals surface area contributed by atoms with Crippen LogP contribution in [0.3, 0.4) is 0 Å². The van der Waals surface area contributed by atoms with E-state index < -0.39 is 6.17 Å². The SMILES string of the molecule is COc1cc(C(=O)N2C[C@H](N)C[C@@H](F)C2)cc2nc(-c3cc4ccccc4n3CC3CC3)n(Cc3ccncc3)c12. The molecule has 0 unspecified atom stereocenters. The van der Waals surface area contributed by atoms with Crippen LogP contribution in [0.1, 0.15) is 35.2 Å². The van der Waals surface area contributed by atoms with Crippen molar-refractivity contribution in [2.45, 2.75) is 44.6 Å². The Kier molecular flexibility index (Phi) is 6.46. The number of methoxy groups -OCH3 is 1. The molecule has 2 atom stereocenters. The van der Waals surface area contributed by atoms with Crippen LogP contribution in [0.5, 0.6) is 5.75 Å². The molecule has 8 nitrogen and oxygen atoms in total. The van der Waals surface area contributed by atoms with Crippen molar-refractivity contribution in [3.05, 3.63) is 78.1 Å². The number of rotatable bonds is 7. The predicted molar refractivity (Wildman–Crippen MR) is 157 cm³/mol. The maximum Gasteiger partial charge on any atom is 0.254 e. The van der Waals surface area contributed by atoms with Crippen molar-refractivity contribution in [3.8, 4) is 17.3 Å². The zero-order valence-corrected chi connectivity index (χ0v) is 23.0. The molecule has 1 aliphatic heterocycles. The van der Waals surface area contributed by atoms with Gasteiger partial charge in [0.2, 0.25) is 0 Å². The third-order valence-electron chi connectivity index (χ3n) is 8.26. The zero-order chi connectivity index (χ0) is 28.1. The second-order valence-electron chi connectivity index (χ2n) is 11.4. The van der Waals surface area contributed by atoms with Crippen LogP contribution in [-0.4, -0.2) is 62.3 Å². The predicted octanol–water partition coefficient (Wildman–Crippen LogP) is 5.03. The fraction of sp³-hybridized carbons (Fsp3) is 0.344. The van der Waals surface area contributed by atoms with Gasteiger partial charge in [-0.2, -0.15) is 0 Å². The van der Waals surface area contributed by atoms with Crippen LogP contribution in [0.2, 0.25) is 0 Å². The highest BCUT2D eigenvalue weighted by atomic mass is 19.1. The molecular formula is C32H33FN6O2. The number of piperidine rings is 1. The van der Waals surface area contributed by atoms with Crippen molar-refractivity contribution in [1.82, 2.24) is 24.0 Å². The number of amides is 1. The molecule has 0 spiro atoms. The zero-order valence-electron chi connectivity index (χ0n) is 23.0. The molecule has 0 bridgehead atoms. The number of fused-ring (bicyclic) bond motifs is 2. The van der Waals surface area contributed by atoms with Crippen molar-refractivity contribution in [1.29, 1.82) is 0 Å². The number of hydrogen-bond donors (Lipinski definition) is 1. The van der Waals surface area contributed by atoms with E-state index in [0.717, 1.165) is 34.5 Å². The van der Waals surface area contributed by atoms with E-state index >= 15 is 0 Å². The lowest BCUT2D eigenvalue weighted by Gasteiger charge is -2.33. The number of para-hydroxylation sites is 1. The minimum Gasteiger partial charge on any atom is -0.494 e. The summed E-state index contributed by atoms with van der Waals surface area (Å²) in [6.07, 6.45) is 5.18. The highest BCUT2D eigenvalue weighted by Crippen LogP contribution is 2.38. The molecule has 9 heteroatoms. The van der Waals surface area contributed by atoms with Crippen LogP contribution >= 0.6 is 0 Å². The molecule has 4 heterocycles. The smallest absolute Gasteiger partial charge is 0.254 e. The number of aromatic nitrogens is 4. The van der Waals surface area contributed by atoms with E-state index in [1.165, 1.54) is 23.3 Å². The van der Waals surface area contributed by atoms with Gasteiger partial charge >= 0.3 is 0 Å². The van der Waals surface area contributed by atoms with Gasteiger partial charge in [0.05, 0.1) is 24.9 Å². The Morgan fingerprint density at radius 2 is 1.88 bits per heavy atom. The molecule has 3 aromatic heterocycles. The molecule has 1 saturated heterocycles. The Hall–Kier alpha value is -4.24. The number of carbonyl (C=O) groups is 1. The number of nitrogens with zero attached hydrogens (tertiary/aromatic N) is 5. The second-order valence-corrected chi connectivity index (χ2v) is 11.4. The maximum absolute atomic E-state index is 14.3. The van der Waals surface area contributed by atoms with Gasteiger partial charge in [-0.05, 0) is 67.1 Å². The van der Waals surface area contributed by atoms with Gasteiger partial charge in [-0.15, -0.1) is 0 Å². The summed E-state index contributed by atoms with van der Waals surface area (Å²) in [6, 6.07) is 17.8. The van der Waals surface area contributed by atoms with Crippen molar-refractivity contribution >= 4 is 27.8 Å². The molecule has 1 aliphatic carbocycles. The quantitative estimate of drug-likeness (QED) is 0.306. The fourth-order valence-electron chi connectivity index (χ4n) is 6.10. The number of pyridine rings is 1. The third-order valence-corrected chi connectivity index (χ3v) is 8.26. The van der Waals surface area contributed by atoms with Crippen LogP contribution in [0, 0.1) is 5.92 Å². The molecule has 7 rings (SSSR count). The molecule has 2 aromatic carbocycles. The van der Waals surface area contributed by atoms with Crippen molar-refractivity contribution < 1.29 is 13.9 Å². The van der Waals surface area contributed by atoms with Gasteiger partial charge in [0.1, 0.15) is 17.4 Å². The summed E-state index contributed by atoms with van der Waals surface area (Å²) in [5.41, 5.74) is 11.2. The number of hydrogen-bond acceptors (Lipinski definition) is 5. The molecule has 210 valence electrons. The molecule has 41 heavy (non-hydrogen) atoms. The van der Waals surface area contributed by atoms with Gasteiger partial charge in [0.15, 0.2) is 5.82 Å². The van der Waals surface area contributed by atoms with Crippen molar-refractivity contribution in [2.75, 3.05) is 20.2 Å². The molecule has 2 N–H and O–H groups in total. The molecule has 2 fully saturated rings. The van der Waals surface area contributed by atoms with Gasteiger partial charge in [0.25, 0.3) is 5.91 Å². The molecule has 0 radical (unpaired) electrons. The standard InChI is InChI=1S/C32H33FN6O2/c1-41-29-14-23(32(40)37-18-24(33)15-25(34)19-37)12-26-30(29)39(17-21-8-10-35-11-9-21)31(36-26)28-13-22-4-2-3-5-27(22)38(28)16-20-6-7-20/h2-5,8-14,20,24-25H,6-7,15-19,34H2,1H3/t24-,25-/m1/s1. The first-order valence-electron chi connectivity index (χ1n) is 14.2. The average Bonchev–Trinajstić information content (AvgIpc) is 3.63. The highest BCUT2D eigenvalue weighted by molar-refractivity contribution is 6.00. The number of nitrogens with two attached hydrogens (primary N) is 1. The number of carbonyl (C=O) groups excluding carboxylic acids is 1. The van der Waals surface area contributed by atoms with E-state index in [1.54, 1.807) is 31.6 Å². The summed E-state index contributed by atoms with van der Waals surface area (Å²) >= 11 is 0. The lowest BCUT2D eigenvalue weighted by atomic mass is 10.0. The Morgan fingerprint density at radius 3 is 2.63 bits per heavy atom. The summed E-state index contributed by atoms with van der Waals surface area (Å²) in [6.45, 7) is 1.84. The number of alkyl halides is 1. The van der Waals surface area contributed by atoms with Gasteiger partial charge in [-0.3, -0.25) is 9.78 Å². The Morgan fingerprint density at radius 1 is 1.07 bits per heavy atom. The Bertz CT molecular complexity index is 1730. The van der Waals surface area contributed by atoms with Gasteiger partial charge in [0, 0.05) is 54.5 Å². The number of ether oxygens (including phenoxy) is 1. The summed E-state index contributed by atoms with van der Waals surface area (Å²) in [4.78, 5) is 24.4. The summed E-state index contributed by atoms with van der Waals surface area (Å²) in [5.74, 6) is 1.75. The topological polar surface area (TPSA) is 91.2 Å². The van der Waals surface area contributed by atoms with E-state index in [-0.39, 0.29) is 24.9 Å². The van der Waals surface area contributed by atoms with Crippen molar-refractivity contribution in [2.24, 2.45) is 11.7 Å². The fourth-order valence-corrected chi connectivity index (χ4v) is 6.10. The highest BCUT2D eigenvalue weighted by Gasteiger charge is 2.31. The maximum atomic E-state index is 14.3. The monoisotopic (exact) mass is 552 g/mol. The number of imidazole rings is 1. The van der Waals surface area contributed by atoms with Crippen LogP contribution < -0.4 is 10.5 Å². The first-order valence-corrected chi connectivity index (χ1v) is 14.2. The van der Waals surface area contributed by atoms with E-state index in [1.807, 2.05) is 12.1 Å². The van der Waals surface area contributed by atoms with E-state index in [9.17, 15) is 9.18 Å². The van der Waals surface area contributed by atoms with Crippen LogP contribution in [0.4, 0.5) is 4.39 Å². The van der Waals surface area contributed by atoms with Gasteiger partial charge in [-0.25, -0.2) is 9.37 Å². The lowest BCUT2D eigenvalue weighted by Crippen LogP contribution is -2.50. The van der Waals surface area contributed by atoms with Crippen LogP contribution in [0.25, 0.3) is 33.5 Å². The number of likely N-dealkylation sites (tertiary alicyclic amines) is 1. The largest absolute Gasteiger partial charge is 0.494 e. The number of halogens is 1. The van der Waals surface area contributed by atoms with Gasteiger partial charge < -0.3 is 24.5 Å². The normalized spacial score (nSPS) is 19.2. The second kappa shape index (κ2) is 10.3. The van der Waals surface area contributed by atoms with Crippen LogP contribution in [0.15, 0.2) is 67.0 Å². The average molecular weight is 553 g/mol. The molecule has 1 saturated carbocycles. The Balaban J connectivity index is 1.41. The first kappa shape index (κ1) is 25.7. The summed E-state index contributed by atoms with van der Waals surface area (Å²) < 4.78 is 24.8. The van der Waals surface area contributed by atoms with E-state index in [4.69, 9.17) is 15.5 Å². The lowest BCUT2D eigenvalue weighted by molar-refractivity contribution is 0.0606. The summed E-state index contributed by atoms with van der Waals surface area (Å²) in [5, 5.41) is 1.16.